The van der Waals surface area contributed by atoms with Crippen LogP contribution >= 0.6 is 23.4 Å². The molecule has 0 atom stereocenters. The molecule has 2 aromatic rings. The molecule has 0 amide bonds. The van der Waals surface area contributed by atoms with Gasteiger partial charge in [-0.2, -0.15) is 0 Å². The van der Waals surface area contributed by atoms with Gasteiger partial charge in [0.1, 0.15) is 5.03 Å². The van der Waals surface area contributed by atoms with Gasteiger partial charge in [-0.3, -0.25) is 0 Å². The highest BCUT2D eigenvalue weighted by atomic mass is 35.5. The van der Waals surface area contributed by atoms with Gasteiger partial charge in [0, 0.05) is 0 Å². The molecule has 0 aromatic carbocycles. The summed E-state index contributed by atoms with van der Waals surface area (Å²) in [7, 11) is 0. The van der Waals surface area contributed by atoms with Crippen molar-refractivity contribution in [1.29, 1.82) is 0 Å². The first-order valence-electron chi connectivity index (χ1n) is 5.40. The van der Waals surface area contributed by atoms with Crippen LogP contribution in [0.25, 0.3) is 0 Å². The van der Waals surface area contributed by atoms with Gasteiger partial charge in [0.2, 0.25) is 10.4 Å². The van der Waals surface area contributed by atoms with E-state index in [1.165, 1.54) is 11.8 Å². The number of aromatic nitrogens is 6. The lowest BCUT2D eigenvalue weighted by molar-refractivity contribution is 0.565. The van der Waals surface area contributed by atoms with Crippen molar-refractivity contribution in [2.45, 2.75) is 36.0 Å². The quantitative estimate of drug-likeness (QED) is 0.673. The Kier molecular flexibility index (Phi) is 2.83. The maximum atomic E-state index is 5.93. The first-order chi connectivity index (χ1) is 8.65. The zero-order chi connectivity index (χ0) is 12.7. The van der Waals surface area contributed by atoms with Gasteiger partial charge in [0.25, 0.3) is 0 Å². The largest absolute Gasteiger partial charge is 0.395 e. The van der Waals surface area contributed by atoms with Crippen LogP contribution in [-0.2, 0) is 0 Å². The Morgan fingerprint density at radius 3 is 2.89 bits per heavy atom. The third kappa shape index (κ3) is 2.13. The monoisotopic (exact) mass is 283 g/mol. The molecule has 2 heterocycles. The number of hydrogen-bond donors (Lipinski definition) is 1. The zero-order valence-corrected chi connectivity index (χ0v) is 11.1. The van der Waals surface area contributed by atoms with E-state index >= 15 is 0 Å². The molecule has 0 bridgehead atoms. The van der Waals surface area contributed by atoms with Crippen molar-refractivity contribution in [3.63, 3.8) is 0 Å². The Bertz CT molecular complexity index is 595. The van der Waals surface area contributed by atoms with Gasteiger partial charge in [0.05, 0.1) is 17.4 Å². The highest BCUT2D eigenvalue weighted by molar-refractivity contribution is 7.99. The number of tetrazole rings is 1. The van der Waals surface area contributed by atoms with Crippen molar-refractivity contribution in [2.75, 3.05) is 5.73 Å². The number of anilines is 1. The molecule has 0 unspecified atom stereocenters. The Morgan fingerprint density at radius 2 is 2.17 bits per heavy atom. The standard InChI is InChI=1S/C9H10ClN7S/c1-4-6(11)7(13-8(10)12-4)18-9-14-15-16-17(9)5-2-3-5/h5H,2-3,11H2,1H3. The number of halogens is 1. The van der Waals surface area contributed by atoms with E-state index in [1.54, 1.807) is 11.6 Å². The molecule has 0 radical (unpaired) electrons. The highest BCUT2D eigenvalue weighted by Gasteiger charge is 2.28. The number of nitrogens with zero attached hydrogens (tertiary/aromatic N) is 6. The van der Waals surface area contributed by atoms with E-state index in [4.69, 9.17) is 17.3 Å². The Labute approximate surface area is 112 Å². The number of rotatable bonds is 3. The first-order valence-corrected chi connectivity index (χ1v) is 6.60. The number of aryl methyl sites for hydroxylation is 1. The molecule has 1 aliphatic rings. The lowest BCUT2D eigenvalue weighted by Gasteiger charge is -2.06. The van der Waals surface area contributed by atoms with E-state index in [2.05, 4.69) is 25.5 Å². The van der Waals surface area contributed by atoms with Crippen molar-refractivity contribution < 1.29 is 0 Å². The molecule has 0 aliphatic heterocycles. The summed E-state index contributed by atoms with van der Waals surface area (Å²) in [5.41, 5.74) is 7.09. The van der Waals surface area contributed by atoms with E-state index < -0.39 is 0 Å². The van der Waals surface area contributed by atoms with Crippen LogP contribution in [0.5, 0.6) is 0 Å². The van der Waals surface area contributed by atoms with Gasteiger partial charge in [-0.25, -0.2) is 14.6 Å². The van der Waals surface area contributed by atoms with Crippen LogP contribution in [0.1, 0.15) is 24.6 Å². The molecular formula is C9H10ClN7S. The van der Waals surface area contributed by atoms with Gasteiger partial charge in [-0.15, -0.1) is 5.10 Å². The summed E-state index contributed by atoms with van der Waals surface area (Å²) in [5.74, 6) is 0. The predicted octanol–water partition coefficient (Wildman–Crippen LogP) is 1.49. The molecule has 2 aromatic heterocycles. The number of hydrogen-bond acceptors (Lipinski definition) is 7. The van der Waals surface area contributed by atoms with Crippen molar-refractivity contribution in [3.8, 4) is 0 Å². The summed E-state index contributed by atoms with van der Waals surface area (Å²) in [6, 6.07) is 0.405. The fourth-order valence-electron chi connectivity index (χ4n) is 1.49. The Morgan fingerprint density at radius 1 is 1.39 bits per heavy atom. The molecule has 0 spiro atoms. The molecule has 1 fully saturated rings. The predicted molar refractivity (Wildman–Crippen MR) is 66.4 cm³/mol. The zero-order valence-electron chi connectivity index (χ0n) is 9.54. The summed E-state index contributed by atoms with van der Waals surface area (Å²) in [6.45, 7) is 1.79. The molecule has 9 heteroatoms. The fourth-order valence-corrected chi connectivity index (χ4v) is 2.67. The Hall–Kier alpha value is -1.41. The van der Waals surface area contributed by atoms with Crippen molar-refractivity contribution in [1.82, 2.24) is 30.2 Å². The fraction of sp³-hybridized carbons (Fsp3) is 0.444. The second-order valence-electron chi connectivity index (χ2n) is 4.04. The third-order valence-corrected chi connectivity index (χ3v) is 3.74. The summed E-state index contributed by atoms with van der Waals surface area (Å²) >= 11 is 7.14. The average Bonchev–Trinajstić information content (AvgIpc) is 3.07. The van der Waals surface area contributed by atoms with E-state index in [0.29, 0.717) is 27.6 Å². The molecule has 18 heavy (non-hydrogen) atoms. The topological polar surface area (TPSA) is 95.4 Å². The minimum Gasteiger partial charge on any atom is -0.395 e. The molecule has 7 nitrogen and oxygen atoms in total. The lowest BCUT2D eigenvalue weighted by Crippen LogP contribution is -2.02. The van der Waals surface area contributed by atoms with E-state index in [0.717, 1.165) is 12.8 Å². The maximum absolute atomic E-state index is 5.93. The number of nitrogens with two attached hydrogens (primary N) is 1. The van der Waals surface area contributed by atoms with Gasteiger partial charge in [0.15, 0.2) is 0 Å². The molecule has 0 saturated heterocycles. The summed E-state index contributed by atoms with van der Waals surface area (Å²) < 4.78 is 1.80. The minimum atomic E-state index is 0.176. The minimum absolute atomic E-state index is 0.176. The van der Waals surface area contributed by atoms with Crippen LogP contribution in [0.15, 0.2) is 10.2 Å². The van der Waals surface area contributed by atoms with Crippen molar-refractivity contribution in [3.05, 3.63) is 11.0 Å². The van der Waals surface area contributed by atoms with E-state index in [1.807, 2.05) is 0 Å². The molecular weight excluding hydrogens is 274 g/mol. The van der Waals surface area contributed by atoms with Crippen LogP contribution in [0.3, 0.4) is 0 Å². The average molecular weight is 284 g/mol. The highest BCUT2D eigenvalue weighted by Crippen LogP contribution is 2.38. The van der Waals surface area contributed by atoms with Crippen molar-refractivity contribution in [2.24, 2.45) is 0 Å². The maximum Gasteiger partial charge on any atom is 0.223 e. The third-order valence-electron chi connectivity index (χ3n) is 2.62. The van der Waals surface area contributed by atoms with E-state index in [-0.39, 0.29) is 5.28 Å². The van der Waals surface area contributed by atoms with E-state index in [9.17, 15) is 0 Å². The summed E-state index contributed by atoms with van der Waals surface area (Å²) in [6.07, 6.45) is 2.22. The molecule has 1 saturated carbocycles. The Balaban J connectivity index is 1.94. The van der Waals surface area contributed by atoms with Crippen LogP contribution in [0.4, 0.5) is 5.69 Å². The van der Waals surface area contributed by atoms with Crippen LogP contribution in [-0.4, -0.2) is 30.2 Å². The van der Waals surface area contributed by atoms with Gasteiger partial charge in [-0.05, 0) is 53.6 Å². The molecule has 2 N–H and O–H groups in total. The normalized spacial score (nSPS) is 15.0. The lowest BCUT2D eigenvalue weighted by atomic mass is 10.4. The molecule has 94 valence electrons. The second kappa shape index (κ2) is 4.36. The van der Waals surface area contributed by atoms with Gasteiger partial charge in [-0.1, -0.05) is 0 Å². The SMILES string of the molecule is Cc1nc(Cl)nc(Sc2nnnn2C2CC2)c1N. The summed E-state index contributed by atoms with van der Waals surface area (Å²) in [5, 5.41) is 13.1. The smallest absolute Gasteiger partial charge is 0.223 e. The van der Waals surface area contributed by atoms with Crippen LogP contribution in [0.2, 0.25) is 5.28 Å². The number of nitrogen functional groups attached to an aromatic ring is 1. The molecule has 3 rings (SSSR count). The second-order valence-corrected chi connectivity index (χ2v) is 5.33. The first kappa shape index (κ1) is 11.7. The van der Waals surface area contributed by atoms with Crippen molar-refractivity contribution >= 4 is 29.1 Å². The summed E-state index contributed by atoms with van der Waals surface area (Å²) in [4.78, 5) is 8.10. The van der Waals surface area contributed by atoms with Gasteiger partial charge >= 0.3 is 0 Å². The van der Waals surface area contributed by atoms with Crippen LogP contribution in [0, 0.1) is 6.92 Å². The van der Waals surface area contributed by atoms with Gasteiger partial charge < -0.3 is 5.73 Å². The van der Waals surface area contributed by atoms with Crippen LogP contribution < -0.4 is 5.73 Å². The molecule has 1 aliphatic carbocycles.